The molecule has 2 rings (SSSR count). The molecule has 0 spiro atoms. The largest absolute Gasteiger partial charge is 0.486 e. The first-order valence-corrected chi connectivity index (χ1v) is 12.6. The zero-order chi connectivity index (χ0) is 29.3. The van der Waals surface area contributed by atoms with Gasteiger partial charge in [0.25, 0.3) is 0 Å². The molecule has 0 aliphatic rings. The maximum Gasteiger partial charge on any atom is 0.346 e. The van der Waals surface area contributed by atoms with E-state index in [0.717, 1.165) is 6.07 Å². The zero-order valence-electron chi connectivity index (χ0n) is 23.7. The molecule has 0 amide bonds. The van der Waals surface area contributed by atoms with Crippen molar-refractivity contribution in [3.8, 4) is 16.9 Å². The molecule has 11 nitrogen and oxygen atoms in total. The number of nitrogens with two attached hydrogens (primary N) is 1. The number of aliphatic imine (C=N–C) groups is 1. The van der Waals surface area contributed by atoms with Gasteiger partial charge in [0.1, 0.15) is 5.82 Å². The minimum atomic E-state index is -1.02. The van der Waals surface area contributed by atoms with Gasteiger partial charge in [0.15, 0.2) is 0 Å². The SMILES string of the molecule is CN=C(C)/C(CCOc1c(-c2cnc(NC)c(NCCNC)c2)ccc(F)c1[N+](=O)[O-])=C(\N)C(O)C(C)(C)C. The Morgan fingerprint density at radius 3 is 2.56 bits per heavy atom. The van der Waals surface area contributed by atoms with Crippen molar-refractivity contribution < 1.29 is 19.2 Å². The first kappa shape index (κ1) is 31.4. The summed E-state index contributed by atoms with van der Waals surface area (Å²) in [7, 11) is 5.17. The van der Waals surface area contributed by atoms with Crippen molar-refractivity contribution in [2.75, 3.05) is 51.5 Å². The molecular weight excluding hydrogens is 505 g/mol. The summed E-state index contributed by atoms with van der Waals surface area (Å²) in [4.78, 5) is 19.7. The van der Waals surface area contributed by atoms with Crippen LogP contribution in [-0.4, -0.2) is 67.7 Å². The summed E-state index contributed by atoms with van der Waals surface area (Å²) in [5.41, 5.74) is 7.91. The lowest BCUT2D eigenvalue weighted by Crippen LogP contribution is -2.34. The first-order valence-electron chi connectivity index (χ1n) is 12.6. The number of benzene rings is 1. The Balaban J connectivity index is 2.53. The summed E-state index contributed by atoms with van der Waals surface area (Å²) in [5.74, 6) is -0.651. The van der Waals surface area contributed by atoms with Crippen LogP contribution in [-0.2, 0) is 0 Å². The second kappa shape index (κ2) is 13.9. The molecule has 0 fully saturated rings. The average molecular weight is 546 g/mol. The third-order valence-electron chi connectivity index (χ3n) is 6.22. The lowest BCUT2D eigenvalue weighted by atomic mass is 9.85. The monoisotopic (exact) mass is 545 g/mol. The molecule has 6 N–H and O–H groups in total. The lowest BCUT2D eigenvalue weighted by molar-refractivity contribution is -0.388. The number of nitrogens with one attached hydrogen (secondary N) is 3. The van der Waals surface area contributed by atoms with E-state index >= 15 is 0 Å². The van der Waals surface area contributed by atoms with Crippen molar-refractivity contribution in [2.24, 2.45) is 16.1 Å². The molecule has 1 unspecified atom stereocenters. The predicted octanol–water partition coefficient (Wildman–Crippen LogP) is 3.95. The van der Waals surface area contributed by atoms with E-state index in [-0.39, 0.29) is 24.5 Å². The van der Waals surface area contributed by atoms with Gasteiger partial charge in [0.05, 0.1) is 23.3 Å². The van der Waals surface area contributed by atoms with Crippen LogP contribution in [0.3, 0.4) is 0 Å². The van der Waals surface area contributed by atoms with E-state index < -0.39 is 27.9 Å². The minimum absolute atomic E-state index is 0.0770. The van der Waals surface area contributed by atoms with Gasteiger partial charge in [-0.2, -0.15) is 4.39 Å². The van der Waals surface area contributed by atoms with Crippen molar-refractivity contribution >= 4 is 22.9 Å². The predicted molar refractivity (Wildman–Crippen MR) is 154 cm³/mol. The summed E-state index contributed by atoms with van der Waals surface area (Å²) in [6, 6.07) is 4.24. The number of hydrogen-bond acceptors (Lipinski definition) is 10. The molecule has 1 atom stereocenters. The van der Waals surface area contributed by atoms with Crippen LogP contribution in [0, 0.1) is 21.3 Å². The molecule has 0 aliphatic carbocycles. The number of nitro groups is 1. The highest BCUT2D eigenvalue weighted by molar-refractivity contribution is 5.98. The van der Waals surface area contributed by atoms with Gasteiger partial charge in [-0.05, 0) is 43.2 Å². The van der Waals surface area contributed by atoms with Gasteiger partial charge in [-0.25, -0.2) is 4.98 Å². The smallest absolute Gasteiger partial charge is 0.346 e. The van der Waals surface area contributed by atoms with Crippen molar-refractivity contribution in [2.45, 2.75) is 40.2 Å². The number of nitrogens with zero attached hydrogens (tertiary/aromatic N) is 3. The number of likely N-dealkylation sites (N-methyl/N-ethyl adjacent to an activating group) is 1. The van der Waals surface area contributed by atoms with Crippen LogP contribution in [0.25, 0.3) is 11.1 Å². The Kier molecular flexibility index (Phi) is 11.2. The van der Waals surface area contributed by atoms with Gasteiger partial charge in [0, 0.05) is 62.3 Å². The van der Waals surface area contributed by atoms with Crippen molar-refractivity contribution in [3.05, 3.63) is 51.6 Å². The third-order valence-corrected chi connectivity index (χ3v) is 6.22. The van der Waals surface area contributed by atoms with E-state index in [4.69, 9.17) is 10.5 Å². The highest BCUT2D eigenvalue weighted by atomic mass is 19.1. The Morgan fingerprint density at radius 1 is 1.31 bits per heavy atom. The topological polar surface area (TPSA) is 160 Å². The van der Waals surface area contributed by atoms with Gasteiger partial charge >= 0.3 is 5.69 Å². The fourth-order valence-electron chi connectivity index (χ4n) is 3.91. The van der Waals surface area contributed by atoms with Crippen LogP contribution >= 0.6 is 0 Å². The van der Waals surface area contributed by atoms with Crippen LogP contribution in [0.5, 0.6) is 5.75 Å². The number of ether oxygens (including phenoxy) is 1. The van der Waals surface area contributed by atoms with E-state index in [2.05, 4.69) is 25.9 Å². The number of nitro benzene ring substituents is 1. The van der Waals surface area contributed by atoms with Crippen molar-refractivity contribution in [1.29, 1.82) is 0 Å². The summed E-state index contributed by atoms with van der Waals surface area (Å²) in [6.45, 7) is 8.56. The quantitative estimate of drug-likeness (QED) is 0.109. The van der Waals surface area contributed by atoms with E-state index in [0.29, 0.717) is 47.0 Å². The lowest BCUT2D eigenvalue weighted by Gasteiger charge is -2.28. The molecule has 0 bridgehead atoms. The number of halogens is 1. The Bertz CT molecular complexity index is 1230. The molecule has 12 heteroatoms. The first-order chi connectivity index (χ1) is 18.4. The summed E-state index contributed by atoms with van der Waals surface area (Å²) in [5, 5.41) is 31.9. The molecule has 0 saturated heterocycles. The molecule has 2 aromatic rings. The van der Waals surface area contributed by atoms with Crippen molar-refractivity contribution in [3.63, 3.8) is 0 Å². The second-order valence-corrected chi connectivity index (χ2v) is 10.0. The molecule has 1 heterocycles. The molecule has 1 aromatic carbocycles. The van der Waals surface area contributed by atoms with Gasteiger partial charge in [-0.1, -0.05) is 20.8 Å². The van der Waals surface area contributed by atoms with E-state index in [1.54, 1.807) is 27.1 Å². The molecule has 0 aliphatic heterocycles. The van der Waals surface area contributed by atoms with Gasteiger partial charge in [-0.3, -0.25) is 15.1 Å². The second-order valence-electron chi connectivity index (χ2n) is 10.0. The summed E-state index contributed by atoms with van der Waals surface area (Å²) >= 11 is 0. The van der Waals surface area contributed by atoms with Gasteiger partial charge < -0.3 is 31.5 Å². The van der Waals surface area contributed by atoms with Crippen LogP contribution in [0.1, 0.15) is 34.1 Å². The normalized spacial score (nSPS) is 13.5. The highest BCUT2D eigenvalue weighted by Gasteiger charge is 2.29. The summed E-state index contributed by atoms with van der Waals surface area (Å²) in [6.07, 6.45) is 0.771. The number of anilines is 2. The minimum Gasteiger partial charge on any atom is -0.486 e. The zero-order valence-corrected chi connectivity index (χ0v) is 23.7. The fraction of sp³-hybridized carbons (Fsp3) is 0.481. The van der Waals surface area contributed by atoms with Crippen LogP contribution < -0.4 is 26.4 Å². The number of aliphatic hydroxyl groups is 1. The molecule has 0 radical (unpaired) electrons. The average Bonchev–Trinajstić information content (AvgIpc) is 2.89. The third kappa shape index (κ3) is 7.87. The highest BCUT2D eigenvalue weighted by Crippen LogP contribution is 2.41. The van der Waals surface area contributed by atoms with Crippen LogP contribution in [0.2, 0.25) is 0 Å². The number of rotatable bonds is 13. The van der Waals surface area contributed by atoms with Crippen LogP contribution in [0.15, 0.2) is 40.7 Å². The Labute approximate surface area is 228 Å². The van der Waals surface area contributed by atoms with Crippen LogP contribution in [0.4, 0.5) is 21.6 Å². The van der Waals surface area contributed by atoms with Gasteiger partial charge in [0.2, 0.25) is 11.6 Å². The molecule has 1 aromatic heterocycles. The standard InChI is InChI=1S/C27H40FN7O4/c1-16(31-6)18(22(29)25(36)27(2,3)4)10-13-39-24-19(8-9-20(28)23(24)35(37)38)17-14-21(33-12-11-30-5)26(32-7)34-15-17/h8-9,14-15,25,30,33,36H,10-13,29H2,1-7H3,(H,32,34)/b22-18-,31-16?. The number of pyridine rings is 1. The molecule has 0 saturated carbocycles. The Hall–Kier alpha value is -3.77. The number of aliphatic hydroxyl groups excluding tert-OH is 1. The number of hydrogen-bond donors (Lipinski definition) is 5. The van der Waals surface area contributed by atoms with E-state index in [1.165, 1.54) is 12.3 Å². The van der Waals surface area contributed by atoms with E-state index in [1.807, 2.05) is 27.8 Å². The molecule has 214 valence electrons. The van der Waals surface area contributed by atoms with Gasteiger partial charge in [-0.15, -0.1) is 0 Å². The van der Waals surface area contributed by atoms with E-state index in [9.17, 15) is 19.6 Å². The Morgan fingerprint density at radius 2 is 2.00 bits per heavy atom. The molecule has 39 heavy (non-hydrogen) atoms. The summed E-state index contributed by atoms with van der Waals surface area (Å²) < 4.78 is 20.6. The molecular formula is C27H40FN7O4. The number of aromatic nitrogens is 1. The maximum atomic E-state index is 14.7. The fourth-order valence-corrected chi connectivity index (χ4v) is 3.91. The van der Waals surface area contributed by atoms with Crippen molar-refractivity contribution in [1.82, 2.24) is 10.3 Å². The maximum absolute atomic E-state index is 14.7.